The molecule has 0 fully saturated rings. The highest BCUT2D eigenvalue weighted by atomic mass is 31.2. The van der Waals surface area contributed by atoms with Crippen molar-refractivity contribution in [2.24, 2.45) is 0 Å². The van der Waals surface area contributed by atoms with Gasteiger partial charge in [-0.2, -0.15) is 0 Å². The fourth-order valence-corrected chi connectivity index (χ4v) is 5.27. The molecular weight excluding hydrogens is 295 g/mol. The molecule has 0 rings (SSSR count). The first-order chi connectivity index (χ1) is 9.94. The van der Waals surface area contributed by atoms with Gasteiger partial charge in [0.2, 0.25) is 0 Å². The Morgan fingerprint density at radius 1 is 0.818 bits per heavy atom. The summed E-state index contributed by atoms with van der Waals surface area (Å²) >= 11 is 0. The van der Waals surface area contributed by atoms with Crippen LogP contribution in [-0.2, 0) is 4.52 Å². The first-order valence-electron chi connectivity index (χ1n) is 8.61. The van der Waals surface area contributed by atoms with Crippen molar-refractivity contribution >= 4 is 8.45 Å². The van der Waals surface area contributed by atoms with Crippen molar-refractivity contribution in [3.63, 3.8) is 0 Å². The molecule has 0 radical (unpaired) electrons. The van der Waals surface area contributed by atoms with Crippen molar-refractivity contribution in [2.75, 3.05) is 6.61 Å². The molecule has 22 heavy (non-hydrogen) atoms. The van der Waals surface area contributed by atoms with Crippen molar-refractivity contribution in [1.82, 2.24) is 9.34 Å². The van der Waals surface area contributed by atoms with E-state index in [0.29, 0.717) is 30.6 Å². The van der Waals surface area contributed by atoms with Crippen LogP contribution in [0.2, 0.25) is 0 Å². The van der Waals surface area contributed by atoms with Crippen LogP contribution in [0.5, 0.6) is 0 Å². The van der Waals surface area contributed by atoms with E-state index < -0.39 is 8.45 Å². The molecule has 0 atom stereocenters. The van der Waals surface area contributed by atoms with E-state index in [2.05, 4.69) is 78.6 Å². The molecule has 0 aromatic rings. The van der Waals surface area contributed by atoms with Crippen molar-refractivity contribution < 1.29 is 9.63 Å². The number of aliphatic hydroxyl groups is 1. The van der Waals surface area contributed by atoms with Crippen molar-refractivity contribution in [2.45, 2.75) is 105 Å². The summed E-state index contributed by atoms with van der Waals surface area (Å²) < 4.78 is 11.6. The summed E-state index contributed by atoms with van der Waals surface area (Å²) in [5, 5.41) is 9.33. The molecule has 0 amide bonds. The second-order valence-corrected chi connectivity index (χ2v) is 9.32. The summed E-state index contributed by atoms with van der Waals surface area (Å²) in [6.07, 6.45) is 0.653. The zero-order valence-corrected chi connectivity index (χ0v) is 17.3. The van der Waals surface area contributed by atoms with Gasteiger partial charge in [-0.25, -0.2) is 9.34 Å². The minimum Gasteiger partial charge on any atom is -0.396 e. The normalized spacial score (nSPS) is 13.9. The second-order valence-electron chi connectivity index (χ2n) is 7.71. The van der Waals surface area contributed by atoms with Crippen LogP contribution in [-0.4, -0.2) is 50.8 Å². The smallest absolute Gasteiger partial charge is 0.189 e. The number of hydrogen-bond acceptors (Lipinski definition) is 4. The van der Waals surface area contributed by atoms with E-state index in [4.69, 9.17) is 4.52 Å². The molecule has 0 aliphatic rings. The highest BCUT2D eigenvalue weighted by Gasteiger charge is 2.38. The maximum atomic E-state index is 9.33. The quantitative estimate of drug-likeness (QED) is 0.591. The lowest BCUT2D eigenvalue weighted by molar-refractivity contribution is 0.0578. The Bertz CT molecular complexity index is 271. The van der Waals surface area contributed by atoms with E-state index in [0.717, 1.165) is 0 Å². The van der Waals surface area contributed by atoms with E-state index in [1.807, 2.05) is 0 Å². The lowest BCUT2D eigenvalue weighted by atomic mass is 10.1. The highest BCUT2D eigenvalue weighted by Crippen LogP contribution is 2.53. The molecule has 0 unspecified atom stereocenters. The molecule has 134 valence electrons. The molecule has 5 heteroatoms. The average molecular weight is 334 g/mol. The van der Waals surface area contributed by atoms with Gasteiger partial charge in [0.25, 0.3) is 0 Å². The van der Waals surface area contributed by atoms with Gasteiger partial charge in [0.1, 0.15) is 0 Å². The Balaban J connectivity index is 5.64. The molecule has 0 aromatic carbocycles. The Labute approximate surface area is 140 Å². The number of hydrogen-bond donors (Lipinski definition) is 1. The van der Waals surface area contributed by atoms with Crippen LogP contribution >= 0.6 is 8.45 Å². The fourth-order valence-electron chi connectivity index (χ4n) is 2.73. The van der Waals surface area contributed by atoms with Gasteiger partial charge in [0.05, 0.1) is 5.60 Å². The van der Waals surface area contributed by atoms with Crippen molar-refractivity contribution in [1.29, 1.82) is 0 Å². The van der Waals surface area contributed by atoms with Gasteiger partial charge in [-0.3, -0.25) is 0 Å². The zero-order chi connectivity index (χ0) is 17.7. The van der Waals surface area contributed by atoms with Gasteiger partial charge < -0.3 is 9.63 Å². The Morgan fingerprint density at radius 2 is 1.14 bits per heavy atom. The third kappa shape index (κ3) is 6.80. The maximum Gasteiger partial charge on any atom is 0.189 e. The van der Waals surface area contributed by atoms with Crippen molar-refractivity contribution in [3.05, 3.63) is 0 Å². The summed E-state index contributed by atoms with van der Waals surface area (Å²) in [5.41, 5.74) is -0.329. The lowest BCUT2D eigenvalue weighted by Crippen LogP contribution is -2.45. The van der Waals surface area contributed by atoms with E-state index in [9.17, 15) is 5.11 Å². The summed E-state index contributed by atoms with van der Waals surface area (Å²) in [5.74, 6) is 0. The molecular formula is C17H39N2O2P. The monoisotopic (exact) mass is 334 g/mol. The molecule has 0 bridgehead atoms. The molecule has 1 N–H and O–H groups in total. The van der Waals surface area contributed by atoms with Crippen LogP contribution in [0.15, 0.2) is 0 Å². The summed E-state index contributed by atoms with van der Waals surface area (Å²) in [4.78, 5) is 0. The predicted octanol–water partition coefficient (Wildman–Crippen LogP) is 4.63. The summed E-state index contributed by atoms with van der Waals surface area (Å²) in [7, 11) is -0.889. The van der Waals surface area contributed by atoms with Gasteiger partial charge in [0.15, 0.2) is 8.45 Å². The van der Waals surface area contributed by atoms with E-state index in [-0.39, 0.29) is 12.2 Å². The van der Waals surface area contributed by atoms with Crippen LogP contribution in [0.4, 0.5) is 0 Å². The topological polar surface area (TPSA) is 35.9 Å². The Kier molecular flexibility index (Phi) is 9.65. The highest BCUT2D eigenvalue weighted by molar-refractivity contribution is 7.47. The summed E-state index contributed by atoms with van der Waals surface area (Å²) in [6.45, 7) is 22.2. The van der Waals surface area contributed by atoms with Crippen LogP contribution in [0.3, 0.4) is 0 Å². The SMILES string of the molecule is CC(C)N(C(C)C)P(OC(C)(C)CCO)N(C(C)C)C(C)C. The number of nitrogens with zero attached hydrogens (tertiary/aromatic N) is 2. The van der Waals surface area contributed by atoms with Crippen LogP contribution < -0.4 is 0 Å². The molecule has 0 saturated carbocycles. The van der Waals surface area contributed by atoms with Crippen LogP contribution in [0, 0.1) is 0 Å². The molecule has 0 aliphatic heterocycles. The van der Waals surface area contributed by atoms with Crippen LogP contribution in [0.1, 0.15) is 75.7 Å². The van der Waals surface area contributed by atoms with E-state index >= 15 is 0 Å². The molecule has 0 heterocycles. The number of aliphatic hydroxyl groups excluding tert-OH is 1. The van der Waals surface area contributed by atoms with E-state index in [1.165, 1.54) is 0 Å². The minimum absolute atomic E-state index is 0.156. The Hall–Kier alpha value is 0.270. The first kappa shape index (κ1) is 22.3. The molecule has 0 aliphatic carbocycles. The average Bonchev–Trinajstić information content (AvgIpc) is 2.25. The fraction of sp³-hybridized carbons (Fsp3) is 1.00. The number of rotatable bonds is 10. The van der Waals surface area contributed by atoms with Crippen molar-refractivity contribution in [3.8, 4) is 0 Å². The molecule has 0 aromatic heterocycles. The zero-order valence-electron chi connectivity index (χ0n) is 16.4. The molecule has 4 nitrogen and oxygen atoms in total. The molecule has 0 spiro atoms. The molecule has 0 saturated heterocycles. The summed E-state index contributed by atoms with van der Waals surface area (Å²) in [6, 6.07) is 1.65. The minimum atomic E-state index is -0.889. The maximum absolute atomic E-state index is 9.33. The Morgan fingerprint density at radius 3 is 1.36 bits per heavy atom. The first-order valence-corrected chi connectivity index (χ1v) is 9.77. The van der Waals surface area contributed by atoms with Gasteiger partial charge in [-0.05, 0) is 75.7 Å². The lowest BCUT2D eigenvalue weighted by Gasteiger charge is -2.48. The van der Waals surface area contributed by atoms with Gasteiger partial charge in [0, 0.05) is 30.8 Å². The largest absolute Gasteiger partial charge is 0.396 e. The third-order valence-electron chi connectivity index (χ3n) is 3.55. The van der Waals surface area contributed by atoms with E-state index in [1.54, 1.807) is 0 Å². The standard InChI is InChI=1S/C17H39N2O2P/c1-13(2)18(14(3)4)22(19(15(5)6)16(7)8)21-17(9,10)11-12-20/h13-16,20H,11-12H2,1-10H3. The van der Waals surface area contributed by atoms with Gasteiger partial charge in [-0.15, -0.1) is 0 Å². The predicted molar refractivity (Wildman–Crippen MR) is 98.0 cm³/mol. The van der Waals surface area contributed by atoms with Gasteiger partial charge >= 0.3 is 0 Å². The van der Waals surface area contributed by atoms with Crippen LogP contribution in [0.25, 0.3) is 0 Å². The third-order valence-corrected chi connectivity index (χ3v) is 6.85. The second kappa shape index (κ2) is 9.54. The van der Waals surface area contributed by atoms with Gasteiger partial charge in [-0.1, -0.05) is 0 Å².